The van der Waals surface area contributed by atoms with E-state index in [1.165, 1.54) is 5.56 Å². The van der Waals surface area contributed by atoms with Crippen molar-refractivity contribution in [2.45, 2.75) is 40.5 Å². The fourth-order valence-corrected chi connectivity index (χ4v) is 2.25. The first kappa shape index (κ1) is 18.0. The van der Waals surface area contributed by atoms with Crippen LogP contribution < -0.4 is 5.32 Å². The summed E-state index contributed by atoms with van der Waals surface area (Å²) in [6.45, 7) is 10.8. The number of rotatable bonds is 4. The molecule has 2 heteroatoms. The van der Waals surface area contributed by atoms with Crippen molar-refractivity contribution in [1.82, 2.24) is 0 Å². The van der Waals surface area contributed by atoms with Crippen molar-refractivity contribution < 1.29 is 4.79 Å². The van der Waals surface area contributed by atoms with Gasteiger partial charge in [0.2, 0.25) is 0 Å². The number of hydrogen-bond donors (Lipinski definition) is 1. The Morgan fingerprint density at radius 2 is 1.54 bits per heavy atom. The average Bonchev–Trinajstić information content (AvgIpc) is 2.53. The van der Waals surface area contributed by atoms with Crippen LogP contribution in [0.1, 0.15) is 62.0 Å². The summed E-state index contributed by atoms with van der Waals surface area (Å²) in [5.74, 6) is 0.405. The molecule has 0 spiro atoms. The Morgan fingerprint density at radius 1 is 0.958 bits per heavy atom. The lowest BCUT2D eigenvalue weighted by molar-refractivity contribution is 0.102. The highest BCUT2D eigenvalue weighted by atomic mass is 16.1. The predicted octanol–water partition coefficient (Wildman–Crippen LogP) is 6.12. The van der Waals surface area contributed by atoms with Gasteiger partial charge >= 0.3 is 0 Å². The van der Waals surface area contributed by atoms with Gasteiger partial charge in [0.15, 0.2) is 0 Å². The van der Waals surface area contributed by atoms with E-state index in [-0.39, 0.29) is 11.3 Å². The molecule has 0 radical (unpaired) electrons. The third kappa shape index (κ3) is 5.38. The zero-order chi connectivity index (χ0) is 17.7. The Morgan fingerprint density at radius 3 is 2.04 bits per heavy atom. The van der Waals surface area contributed by atoms with E-state index in [2.05, 4.69) is 64.2 Å². The molecule has 0 heterocycles. The Balaban J connectivity index is 2.03. The van der Waals surface area contributed by atoms with Crippen molar-refractivity contribution in [2.24, 2.45) is 5.41 Å². The average molecular weight is 321 g/mol. The fraction of sp³-hybridized carbons (Fsp3) is 0.318. The molecule has 0 aliphatic carbocycles. The number of benzene rings is 2. The largest absolute Gasteiger partial charge is 0.322 e. The van der Waals surface area contributed by atoms with Gasteiger partial charge in [0.05, 0.1) is 0 Å². The molecule has 0 atom stereocenters. The molecule has 0 aliphatic heterocycles. The summed E-state index contributed by atoms with van der Waals surface area (Å²) >= 11 is 0. The molecule has 1 amide bonds. The van der Waals surface area contributed by atoms with Crippen molar-refractivity contribution in [3.63, 3.8) is 0 Å². The third-order valence-corrected chi connectivity index (χ3v) is 3.78. The third-order valence-electron chi connectivity index (χ3n) is 3.78. The first-order valence-electron chi connectivity index (χ1n) is 8.45. The maximum atomic E-state index is 12.3. The topological polar surface area (TPSA) is 29.1 Å². The molecule has 0 fully saturated rings. The molecule has 2 aromatic rings. The lowest BCUT2D eigenvalue weighted by Crippen LogP contribution is -2.11. The number of allylic oxidation sites excluding steroid dienone is 1. The van der Waals surface area contributed by atoms with E-state index in [0.29, 0.717) is 11.5 Å². The van der Waals surface area contributed by atoms with E-state index in [9.17, 15) is 4.79 Å². The van der Waals surface area contributed by atoms with Gasteiger partial charge in [-0.2, -0.15) is 0 Å². The van der Waals surface area contributed by atoms with Crippen LogP contribution in [0.3, 0.4) is 0 Å². The lowest BCUT2D eigenvalue weighted by Gasteiger charge is -2.11. The van der Waals surface area contributed by atoms with Crippen LogP contribution in [0.5, 0.6) is 0 Å². The van der Waals surface area contributed by atoms with Gasteiger partial charge in [0.25, 0.3) is 5.91 Å². The first-order chi connectivity index (χ1) is 11.2. The van der Waals surface area contributed by atoms with Gasteiger partial charge < -0.3 is 5.32 Å². The molecular weight excluding hydrogens is 294 g/mol. The number of amides is 1. The van der Waals surface area contributed by atoms with Crippen LogP contribution in [-0.2, 0) is 0 Å². The molecule has 0 bridgehead atoms. The van der Waals surface area contributed by atoms with Crippen LogP contribution in [0.15, 0.2) is 54.6 Å². The van der Waals surface area contributed by atoms with E-state index >= 15 is 0 Å². The molecule has 1 N–H and O–H groups in total. The van der Waals surface area contributed by atoms with Gasteiger partial charge in [-0.1, -0.05) is 71.0 Å². The van der Waals surface area contributed by atoms with Crippen LogP contribution in [0, 0.1) is 5.41 Å². The quantitative estimate of drug-likeness (QED) is 0.722. The number of hydrogen-bond acceptors (Lipinski definition) is 1. The maximum Gasteiger partial charge on any atom is 0.255 e. The number of carbonyl (C=O) groups excluding carboxylic acids is 1. The number of nitrogens with one attached hydrogen (secondary N) is 1. The van der Waals surface area contributed by atoms with Crippen molar-refractivity contribution >= 4 is 17.7 Å². The molecule has 0 aromatic heterocycles. The second-order valence-corrected chi connectivity index (χ2v) is 7.55. The lowest BCUT2D eigenvalue weighted by atomic mass is 9.95. The van der Waals surface area contributed by atoms with E-state index in [1.807, 2.05) is 36.4 Å². The smallest absolute Gasteiger partial charge is 0.255 e. The number of carbonyl (C=O) groups is 1. The molecule has 0 saturated carbocycles. The molecule has 126 valence electrons. The normalized spacial score (nSPS) is 11.9. The fourth-order valence-electron chi connectivity index (χ4n) is 2.25. The minimum Gasteiger partial charge on any atom is -0.322 e. The second kappa shape index (κ2) is 7.48. The van der Waals surface area contributed by atoms with E-state index in [1.54, 1.807) is 0 Å². The summed E-state index contributed by atoms with van der Waals surface area (Å²) < 4.78 is 0. The standard InChI is InChI=1S/C22H27NO/c1-16(2)18-10-12-20(13-11-18)23-21(24)19-8-6-17(7-9-19)14-15-22(3,4)5/h6-16H,1-5H3,(H,23,24)/b15-14+. The van der Waals surface area contributed by atoms with Gasteiger partial charge in [0, 0.05) is 11.3 Å². The van der Waals surface area contributed by atoms with Gasteiger partial charge in [-0.3, -0.25) is 4.79 Å². The molecule has 2 nitrogen and oxygen atoms in total. The molecular formula is C22H27NO. The van der Waals surface area contributed by atoms with Gasteiger partial charge in [-0.05, 0) is 46.7 Å². The Labute approximate surface area is 145 Å². The summed E-state index contributed by atoms with van der Waals surface area (Å²) in [5.41, 5.74) is 4.00. The van der Waals surface area contributed by atoms with Crippen LogP contribution >= 0.6 is 0 Å². The molecule has 0 saturated heterocycles. The van der Waals surface area contributed by atoms with Crippen molar-refractivity contribution in [3.05, 3.63) is 71.3 Å². The van der Waals surface area contributed by atoms with E-state index < -0.39 is 0 Å². The SMILES string of the molecule is CC(C)c1ccc(NC(=O)c2ccc(/C=C/C(C)(C)C)cc2)cc1. The summed E-state index contributed by atoms with van der Waals surface area (Å²) in [6, 6.07) is 15.7. The minimum absolute atomic E-state index is 0.0846. The second-order valence-electron chi connectivity index (χ2n) is 7.55. The van der Waals surface area contributed by atoms with Crippen LogP contribution in [0.2, 0.25) is 0 Å². The van der Waals surface area contributed by atoms with Crippen LogP contribution in [0.25, 0.3) is 6.08 Å². The Hall–Kier alpha value is -2.35. The first-order valence-corrected chi connectivity index (χ1v) is 8.45. The summed E-state index contributed by atoms with van der Waals surface area (Å²) in [7, 11) is 0. The highest BCUT2D eigenvalue weighted by Crippen LogP contribution is 2.19. The number of anilines is 1. The molecule has 24 heavy (non-hydrogen) atoms. The summed E-state index contributed by atoms with van der Waals surface area (Å²) in [5, 5.41) is 2.94. The maximum absolute atomic E-state index is 12.3. The minimum atomic E-state index is -0.0846. The highest BCUT2D eigenvalue weighted by Gasteiger charge is 2.07. The Bertz CT molecular complexity index is 701. The summed E-state index contributed by atoms with van der Waals surface area (Å²) in [4.78, 5) is 12.3. The predicted molar refractivity (Wildman–Crippen MR) is 103 cm³/mol. The highest BCUT2D eigenvalue weighted by molar-refractivity contribution is 6.04. The molecule has 2 aromatic carbocycles. The van der Waals surface area contributed by atoms with Gasteiger partial charge in [-0.25, -0.2) is 0 Å². The van der Waals surface area contributed by atoms with Gasteiger partial charge in [-0.15, -0.1) is 0 Å². The van der Waals surface area contributed by atoms with Crippen molar-refractivity contribution in [2.75, 3.05) is 5.32 Å². The monoisotopic (exact) mass is 321 g/mol. The molecule has 2 rings (SSSR count). The molecule has 0 unspecified atom stereocenters. The van der Waals surface area contributed by atoms with Crippen LogP contribution in [0.4, 0.5) is 5.69 Å². The Kier molecular flexibility index (Phi) is 5.61. The van der Waals surface area contributed by atoms with E-state index in [4.69, 9.17) is 0 Å². The zero-order valence-electron chi connectivity index (χ0n) is 15.3. The zero-order valence-corrected chi connectivity index (χ0v) is 15.3. The molecule has 0 aliphatic rings. The van der Waals surface area contributed by atoms with Crippen molar-refractivity contribution in [3.8, 4) is 0 Å². The van der Waals surface area contributed by atoms with Gasteiger partial charge in [0.1, 0.15) is 0 Å². The van der Waals surface area contributed by atoms with Crippen molar-refractivity contribution in [1.29, 1.82) is 0 Å². The van der Waals surface area contributed by atoms with Crippen LogP contribution in [-0.4, -0.2) is 5.91 Å². The summed E-state index contributed by atoms with van der Waals surface area (Å²) in [6.07, 6.45) is 4.25. The van der Waals surface area contributed by atoms with E-state index in [0.717, 1.165) is 11.3 Å².